The second-order valence-electron chi connectivity index (χ2n) is 5.25. The van der Waals surface area contributed by atoms with E-state index in [1.165, 1.54) is 0 Å². The largest absolute Gasteiger partial charge is 0.496 e. The van der Waals surface area contributed by atoms with Crippen LogP contribution in [0.3, 0.4) is 0 Å². The molecule has 0 aliphatic rings. The standard InChI is InChI=1S/C16H23NO4/c1-5-10(2)15(16(19)20)17-14(18)9-12-7-6-11(3)13(8-12)21-4/h6-8,10,15H,5,9H2,1-4H3,(H,17,18)(H,19,20)/t10-,15-/m0/s1. The molecule has 5 heteroatoms. The number of amides is 1. The number of methoxy groups -OCH3 is 1. The predicted molar refractivity (Wildman–Crippen MR) is 80.5 cm³/mol. The molecule has 0 saturated heterocycles. The van der Waals surface area contributed by atoms with E-state index in [0.29, 0.717) is 6.42 Å². The number of rotatable bonds is 7. The second-order valence-corrected chi connectivity index (χ2v) is 5.25. The first kappa shape index (κ1) is 17.0. The lowest BCUT2D eigenvalue weighted by atomic mass is 9.99. The summed E-state index contributed by atoms with van der Waals surface area (Å²) in [6, 6.07) is 4.67. The van der Waals surface area contributed by atoms with E-state index in [2.05, 4.69) is 5.32 Å². The molecule has 0 fully saturated rings. The molecule has 0 radical (unpaired) electrons. The van der Waals surface area contributed by atoms with E-state index in [0.717, 1.165) is 16.9 Å². The Morgan fingerprint density at radius 1 is 1.38 bits per heavy atom. The topological polar surface area (TPSA) is 75.6 Å². The van der Waals surface area contributed by atoms with E-state index in [9.17, 15) is 14.7 Å². The molecule has 2 atom stereocenters. The summed E-state index contributed by atoms with van der Waals surface area (Å²) < 4.78 is 5.22. The fourth-order valence-electron chi connectivity index (χ4n) is 2.07. The highest BCUT2D eigenvalue weighted by atomic mass is 16.5. The van der Waals surface area contributed by atoms with Crippen molar-refractivity contribution in [2.24, 2.45) is 5.92 Å². The highest BCUT2D eigenvalue weighted by Gasteiger charge is 2.25. The van der Waals surface area contributed by atoms with Crippen molar-refractivity contribution < 1.29 is 19.4 Å². The minimum atomic E-state index is -1.00. The molecular weight excluding hydrogens is 270 g/mol. The van der Waals surface area contributed by atoms with E-state index >= 15 is 0 Å². The quantitative estimate of drug-likeness (QED) is 0.808. The maximum Gasteiger partial charge on any atom is 0.326 e. The third-order valence-electron chi connectivity index (χ3n) is 3.63. The van der Waals surface area contributed by atoms with Crippen molar-refractivity contribution in [2.75, 3.05) is 7.11 Å². The Labute approximate surface area is 125 Å². The summed E-state index contributed by atoms with van der Waals surface area (Å²) in [6.07, 6.45) is 0.826. The van der Waals surface area contributed by atoms with Crippen LogP contribution in [0.15, 0.2) is 18.2 Å². The van der Waals surface area contributed by atoms with Gasteiger partial charge in [0.05, 0.1) is 13.5 Å². The Bertz CT molecular complexity index is 513. The number of carboxylic acids is 1. The van der Waals surface area contributed by atoms with Gasteiger partial charge in [-0.05, 0) is 30.0 Å². The Morgan fingerprint density at radius 2 is 2.05 bits per heavy atom. The van der Waals surface area contributed by atoms with E-state index in [4.69, 9.17) is 4.74 Å². The molecule has 1 rings (SSSR count). The fourth-order valence-corrected chi connectivity index (χ4v) is 2.07. The van der Waals surface area contributed by atoms with Crippen molar-refractivity contribution >= 4 is 11.9 Å². The number of ether oxygens (including phenoxy) is 1. The smallest absolute Gasteiger partial charge is 0.326 e. The predicted octanol–water partition coefficient (Wildman–Crippen LogP) is 2.16. The zero-order chi connectivity index (χ0) is 16.0. The lowest BCUT2D eigenvalue weighted by molar-refractivity contribution is -0.143. The maximum absolute atomic E-state index is 12.0. The van der Waals surface area contributed by atoms with Crippen LogP contribution < -0.4 is 10.1 Å². The molecule has 1 aromatic rings. The summed E-state index contributed by atoms with van der Waals surface area (Å²) in [7, 11) is 1.58. The molecule has 1 aromatic carbocycles. The van der Waals surface area contributed by atoms with Crippen molar-refractivity contribution in [3.05, 3.63) is 29.3 Å². The average molecular weight is 293 g/mol. The van der Waals surface area contributed by atoms with E-state index < -0.39 is 12.0 Å². The molecule has 0 aliphatic carbocycles. The molecule has 0 saturated carbocycles. The molecule has 1 amide bonds. The van der Waals surface area contributed by atoms with E-state index in [1.807, 2.05) is 32.9 Å². The Morgan fingerprint density at radius 3 is 2.57 bits per heavy atom. The van der Waals surface area contributed by atoms with Crippen LogP contribution in [0, 0.1) is 12.8 Å². The van der Waals surface area contributed by atoms with Gasteiger partial charge in [-0.2, -0.15) is 0 Å². The van der Waals surface area contributed by atoms with Crippen LogP contribution in [0.4, 0.5) is 0 Å². The van der Waals surface area contributed by atoms with Crippen LogP contribution in [-0.2, 0) is 16.0 Å². The van der Waals surface area contributed by atoms with Crippen LogP contribution in [0.5, 0.6) is 5.75 Å². The average Bonchev–Trinajstić information content (AvgIpc) is 2.45. The monoisotopic (exact) mass is 293 g/mol. The van der Waals surface area contributed by atoms with Crippen molar-refractivity contribution in [2.45, 2.75) is 39.7 Å². The molecular formula is C16H23NO4. The molecule has 116 valence electrons. The molecule has 2 N–H and O–H groups in total. The number of carboxylic acid groups (broad SMARTS) is 1. The van der Waals surface area contributed by atoms with Gasteiger partial charge in [0.25, 0.3) is 0 Å². The van der Waals surface area contributed by atoms with Gasteiger partial charge < -0.3 is 15.2 Å². The third kappa shape index (κ3) is 4.77. The first-order valence-electron chi connectivity index (χ1n) is 7.04. The van der Waals surface area contributed by atoms with Gasteiger partial charge >= 0.3 is 5.97 Å². The SMILES string of the molecule is CC[C@H](C)[C@H](NC(=O)Cc1ccc(C)c(OC)c1)C(=O)O. The van der Waals surface area contributed by atoms with Crippen molar-refractivity contribution in [3.8, 4) is 5.75 Å². The van der Waals surface area contributed by atoms with Crippen LogP contribution in [-0.4, -0.2) is 30.1 Å². The van der Waals surface area contributed by atoms with Crippen LogP contribution >= 0.6 is 0 Å². The van der Waals surface area contributed by atoms with Gasteiger partial charge in [0.15, 0.2) is 0 Å². The van der Waals surface area contributed by atoms with Crippen molar-refractivity contribution in [1.82, 2.24) is 5.32 Å². The Balaban J connectivity index is 2.74. The molecule has 0 spiro atoms. The molecule has 0 unspecified atom stereocenters. The number of aliphatic carboxylic acids is 1. The van der Waals surface area contributed by atoms with Gasteiger partial charge in [0, 0.05) is 0 Å². The summed E-state index contributed by atoms with van der Waals surface area (Å²) in [4.78, 5) is 23.2. The summed E-state index contributed by atoms with van der Waals surface area (Å²) in [5, 5.41) is 11.8. The van der Waals surface area contributed by atoms with Gasteiger partial charge in [-0.25, -0.2) is 4.79 Å². The molecule has 0 heterocycles. The number of aryl methyl sites for hydroxylation is 1. The van der Waals surface area contributed by atoms with Gasteiger partial charge in [0.1, 0.15) is 11.8 Å². The fraction of sp³-hybridized carbons (Fsp3) is 0.500. The zero-order valence-electron chi connectivity index (χ0n) is 13.0. The summed E-state index contributed by atoms with van der Waals surface area (Å²) in [5.41, 5.74) is 1.79. The molecule has 21 heavy (non-hydrogen) atoms. The number of carbonyl (C=O) groups is 2. The van der Waals surface area contributed by atoms with E-state index in [-0.39, 0.29) is 18.2 Å². The van der Waals surface area contributed by atoms with Crippen molar-refractivity contribution in [1.29, 1.82) is 0 Å². The normalized spacial score (nSPS) is 13.3. The number of benzene rings is 1. The zero-order valence-corrected chi connectivity index (χ0v) is 13.0. The lowest BCUT2D eigenvalue weighted by Crippen LogP contribution is -2.45. The molecule has 0 aliphatic heterocycles. The second kappa shape index (κ2) is 7.67. The Kier molecular flexibility index (Phi) is 6.21. The summed E-state index contributed by atoms with van der Waals surface area (Å²) >= 11 is 0. The number of hydrogen-bond donors (Lipinski definition) is 2. The third-order valence-corrected chi connectivity index (χ3v) is 3.63. The van der Waals surface area contributed by atoms with Crippen LogP contribution in [0.25, 0.3) is 0 Å². The lowest BCUT2D eigenvalue weighted by Gasteiger charge is -2.20. The van der Waals surface area contributed by atoms with Gasteiger partial charge in [0.2, 0.25) is 5.91 Å². The minimum Gasteiger partial charge on any atom is -0.496 e. The highest BCUT2D eigenvalue weighted by molar-refractivity contribution is 5.85. The van der Waals surface area contributed by atoms with Crippen LogP contribution in [0.2, 0.25) is 0 Å². The van der Waals surface area contributed by atoms with Gasteiger partial charge in [-0.1, -0.05) is 32.4 Å². The molecule has 0 bridgehead atoms. The highest BCUT2D eigenvalue weighted by Crippen LogP contribution is 2.19. The Hall–Kier alpha value is -2.04. The maximum atomic E-state index is 12.0. The minimum absolute atomic E-state index is 0.112. The first-order chi connectivity index (χ1) is 9.88. The number of carbonyl (C=O) groups excluding carboxylic acids is 1. The number of nitrogens with one attached hydrogen (secondary N) is 1. The van der Waals surface area contributed by atoms with Crippen LogP contribution in [0.1, 0.15) is 31.4 Å². The summed E-state index contributed by atoms with van der Waals surface area (Å²) in [6.45, 7) is 5.64. The summed E-state index contributed by atoms with van der Waals surface area (Å²) in [5.74, 6) is -0.691. The molecule has 5 nitrogen and oxygen atoms in total. The molecule has 0 aromatic heterocycles. The van der Waals surface area contributed by atoms with E-state index in [1.54, 1.807) is 13.2 Å². The van der Waals surface area contributed by atoms with Crippen molar-refractivity contribution in [3.63, 3.8) is 0 Å². The van der Waals surface area contributed by atoms with Gasteiger partial charge in [-0.15, -0.1) is 0 Å². The first-order valence-corrected chi connectivity index (χ1v) is 7.04. The van der Waals surface area contributed by atoms with Gasteiger partial charge in [-0.3, -0.25) is 4.79 Å². The number of hydrogen-bond acceptors (Lipinski definition) is 3.